The highest BCUT2D eigenvalue weighted by molar-refractivity contribution is 5.70. The third-order valence-corrected chi connectivity index (χ3v) is 10.0. The van der Waals surface area contributed by atoms with Gasteiger partial charge in [-0.25, -0.2) is 4.79 Å². The quantitative estimate of drug-likeness (QED) is 0.140. The number of hydrogen-bond acceptors (Lipinski definition) is 8. The van der Waals surface area contributed by atoms with Crippen molar-refractivity contribution in [3.8, 4) is 0 Å². The van der Waals surface area contributed by atoms with Crippen molar-refractivity contribution in [3.63, 3.8) is 0 Å². The summed E-state index contributed by atoms with van der Waals surface area (Å²) >= 11 is 0. The van der Waals surface area contributed by atoms with Gasteiger partial charge < -0.3 is 33.9 Å². The summed E-state index contributed by atoms with van der Waals surface area (Å²) in [6.07, 6.45) is 12.0. The van der Waals surface area contributed by atoms with Gasteiger partial charge in [0, 0.05) is 51.5 Å². The van der Waals surface area contributed by atoms with Crippen molar-refractivity contribution in [1.29, 1.82) is 0 Å². The maximum absolute atomic E-state index is 13.2. The Balaban J connectivity index is 1.74. The lowest BCUT2D eigenvalue weighted by atomic mass is 9.86. The Hall–Kier alpha value is -2.20. The van der Waals surface area contributed by atoms with Gasteiger partial charge in [0.1, 0.15) is 11.7 Å². The summed E-state index contributed by atoms with van der Waals surface area (Å²) in [5.74, 6) is 0.150. The molecule has 0 aromatic carbocycles. The highest BCUT2D eigenvalue weighted by Gasteiger charge is 2.45. The van der Waals surface area contributed by atoms with Crippen molar-refractivity contribution in [2.75, 3.05) is 40.3 Å². The first-order valence-corrected chi connectivity index (χ1v) is 17.0. The minimum atomic E-state index is -0.744. The number of ether oxygens (including phenoxy) is 4. The van der Waals surface area contributed by atoms with E-state index >= 15 is 0 Å². The largest absolute Gasteiger partial charge is 0.457 e. The zero-order valence-corrected chi connectivity index (χ0v) is 29.2. The van der Waals surface area contributed by atoms with Gasteiger partial charge in [-0.3, -0.25) is 4.79 Å². The van der Waals surface area contributed by atoms with Crippen LogP contribution in [0.1, 0.15) is 80.6 Å². The number of cyclic esters (lactones) is 1. The zero-order valence-electron chi connectivity index (χ0n) is 29.2. The molecule has 0 aromatic rings. The summed E-state index contributed by atoms with van der Waals surface area (Å²) in [4.78, 5) is 30.3. The highest BCUT2D eigenvalue weighted by Crippen LogP contribution is 2.36. The van der Waals surface area contributed by atoms with Crippen LogP contribution in [0.15, 0.2) is 36.0 Å². The molecule has 2 fully saturated rings. The number of aliphatic hydroxyl groups is 1. The molecule has 9 heteroatoms. The van der Waals surface area contributed by atoms with Crippen molar-refractivity contribution in [3.05, 3.63) is 36.0 Å². The molecular weight excluding hydrogens is 572 g/mol. The van der Waals surface area contributed by atoms with Gasteiger partial charge in [-0.15, -0.1) is 0 Å². The van der Waals surface area contributed by atoms with Crippen LogP contribution in [0.4, 0.5) is 4.79 Å². The van der Waals surface area contributed by atoms with E-state index in [2.05, 4.69) is 31.9 Å². The predicted octanol–water partition coefficient (Wildman–Crippen LogP) is 5.77. The van der Waals surface area contributed by atoms with Crippen molar-refractivity contribution in [2.45, 2.75) is 117 Å². The molecule has 3 rings (SSSR count). The number of carbonyl (C=O) groups is 2. The van der Waals surface area contributed by atoms with Crippen LogP contribution in [0.3, 0.4) is 0 Å². The summed E-state index contributed by atoms with van der Waals surface area (Å²) in [5.41, 5.74) is 0.195. The van der Waals surface area contributed by atoms with Gasteiger partial charge in [-0.1, -0.05) is 58.9 Å². The van der Waals surface area contributed by atoms with Crippen LogP contribution in [-0.2, 0) is 23.7 Å². The van der Waals surface area contributed by atoms with Crippen molar-refractivity contribution in [2.24, 2.45) is 23.7 Å². The fourth-order valence-corrected chi connectivity index (χ4v) is 6.34. The number of aliphatic hydroxyl groups excluding tert-OH is 1. The Morgan fingerprint density at radius 2 is 1.89 bits per heavy atom. The van der Waals surface area contributed by atoms with Gasteiger partial charge in [0.25, 0.3) is 0 Å². The van der Waals surface area contributed by atoms with Crippen molar-refractivity contribution in [1.82, 2.24) is 9.80 Å². The number of hydrogen-bond donors (Lipinski definition) is 1. The number of methoxy groups -OCH3 is 1. The molecule has 45 heavy (non-hydrogen) atoms. The minimum Gasteiger partial charge on any atom is -0.457 e. The van der Waals surface area contributed by atoms with Crippen LogP contribution < -0.4 is 0 Å². The number of amides is 1. The molecule has 0 aliphatic carbocycles. The highest BCUT2D eigenvalue weighted by atomic mass is 16.6. The molecule has 3 heterocycles. The molecule has 1 N–H and O–H groups in total. The molecule has 2 saturated heterocycles. The fourth-order valence-electron chi connectivity index (χ4n) is 6.34. The molecule has 3 aliphatic rings. The fraction of sp³-hybridized carbons (Fsp3) is 0.778. The summed E-state index contributed by atoms with van der Waals surface area (Å²) in [6.45, 7) is 17.2. The second-order valence-electron chi connectivity index (χ2n) is 14.1. The van der Waals surface area contributed by atoms with E-state index < -0.39 is 17.8 Å². The second kappa shape index (κ2) is 17.1. The first-order chi connectivity index (χ1) is 21.3. The van der Waals surface area contributed by atoms with Crippen molar-refractivity contribution >= 4 is 12.1 Å². The molecule has 0 aromatic heterocycles. The second-order valence-corrected chi connectivity index (χ2v) is 14.1. The topological polar surface area (TPSA) is 101 Å². The summed E-state index contributed by atoms with van der Waals surface area (Å²) in [5, 5.41) is 10.1. The minimum absolute atomic E-state index is 0.0833. The Kier molecular flexibility index (Phi) is 14.2. The molecule has 0 bridgehead atoms. The van der Waals surface area contributed by atoms with Gasteiger partial charge in [0.2, 0.25) is 0 Å². The number of epoxide rings is 1. The molecule has 9 nitrogen and oxygen atoms in total. The van der Waals surface area contributed by atoms with Gasteiger partial charge >= 0.3 is 12.1 Å². The molecule has 1 amide bonds. The molecule has 256 valence electrons. The van der Waals surface area contributed by atoms with Gasteiger partial charge in [0.15, 0.2) is 6.10 Å². The monoisotopic (exact) mass is 632 g/mol. The molecule has 3 aliphatic heterocycles. The van der Waals surface area contributed by atoms with E-state index in [1.54, 1.807) is 12.0 Å². The van der Waals surface area contributed by atoms with E-state index in [1.165, 1.54) is 0 Å². The van der Waals surface area contributed by atoms with E-state index in [-0.39, 0.29) is 48.1 Å². The Bertz CT molecular complexity index is 1050. The maximum atomic E-state index is 13.2. The first kappa shape index (κ1) is 37.3. The summed E-state index contributed by atoms with van der Waals surface area (Å²) in [6, 6.07) is 0. The smallest absolute Gasteiger partial charge is 0.410 e. The number of rotatable bonds is 10. The van der Waals surface area contributed by atoms with E-state index in [0.717, 1.165) is 37.9 Å². The molecule has 0 unspecified atom stereocenters. The average molecular weight is 633 g/mol. The SMILES string of the molecule is CC[C@H](O)[C@@H](C)[C@H]1O[C@@H]1C[C@H](C)/C=C/C=C(\C)[C@H]1OC(=O)C[C@H](C)CC[C@@](C)(OC)[C@@H](OC(=O)N2CCN(C)CC2)/C=C/[C@@H]1C. The summed E-state index contributed by atoms with van der Waals surface area (Å²) < 4.78 is 24.1. The van der Waals surface area contributed by atoms with Crippen LogP contribution >= 0.6 is 0 Å². The summed E-state index contributed by atoms with van der Waals surface area (Å²) in [7, 11) is 3.71. The van der Waals surface area contributed by atoms with Crippen LogP contribution in [0.2, 0.25) is 0 Å². The van der Waals surface area contributed by atoms with E-state index in [0.29, 0.717) is 31.8 Å². The number of piperazine rings is 1. The van der Waals surface area contributed by atoms with Gasteiger partial charge in [0.05, 0.1) is 18.3 Å². The Morgan fingerprint density at radius 1 is 1.20 bits per heavy atom. The predicted molar refractivity (Wildman–Crippen MR) is 177 cm³/mol. The molecule has 0 saturated carbocycles. The lowest BCUT2D eigenvalue weighted by molar-refractivity contribution is -0.150. The van der Waals surface area contributed by atoms with Crippen LogP contribution in [-0.4, -0.2) is 103 Å². The Morgan fingerprint density at radius 3 is 2.53 bits per heavy atom. The lowest BCUT2D eigenvalue weighted by Crippen LogP contribution is -2.50. The van der Waals surface area contributed by atoms with Crippen LogP contribution in [0, 0.1) is 23.7 Å². The number of likely N-dealkylation sites (N-methyl/N-ethyl adjacent to an activating group) is 1. The van der Waals surface area contributed by atoms with Gasteiger partial charge in [-0.05, 0) is 70.1 Å². The number of nitrogens with zero attached hydrogens (tertiary/aromatic N) is 2. The maximum Gasteiger partial charge on any atom is 0.410 e. The van der Waals surface area contributed by atoms with E-state index in [9.17, 15) is 14.7 Å². The molecule has 0 spiro atoms. The molecular formula is C36H60N2O7. The third-order valence-electron chi connectivity index (χ3n) is 10.0. The zero-order chi connectivity index (χ0) is 33.3. The van der Waals surface area contributed by atoms with Crippen LogP contribution in [0.5, 0.6) is 0 Å². The normalized spacial score (nSPS) is 35.1. The van der Waals surface area contributed by atoms with Crippen molar-refractivity contribution < 1.29 is 33.6 Å². The third kappa shape index (κ3) is 10.9. The Labute approximate surface area is 272 Å². The van der Waals surface area contributed by atoms with Gasteiger partial charge in [-0.2, -0.15) is 0 Å². The lowest BCUT2D eigenvalue weighted by Gasteiger charge is -2.38. The number of carbonyl (C=O) groups excluding carboxylic acids is 2. The molecule has 10 atom stereocenters. The standard InChI is InChI=1S/C36H60N2O7/c1-10-29(39)28(6)34-30(43-34)22-24(2)12-11-13-26(4)33-27(5)14-15-31(44-35(41)38-20-18-37(8)19-21-38)36(7,42-9)17-16-25(3)23-32(40)45-33/h11-15,24-25,27-31,33-34,39H,10,16-23H2,1-9H3/b12-11+,15-14+,26-13+/t24-,25-,27+,28-,29+,30-,31+,33-,34-,36-/m1/s1. The number of allylic oxidation sites excluding steroid dienone is 3. The first-order valence-electron chi connectivity index (χ1n) is 17.0. The van der Waals surface area contributed by atoms with Crippen LogP contribution in [0.25, 0.3) is 0 Å². The van der Waals surface area contributed by atoms with E-state index in [4.69, 9.17) is 18.9 Å². The average Bonchev–Trinajstić information content (AvgIpc) is 3.77. The number of esters is 1. The molecule has 0 radical (unpaired) electrons. The van der Waals surface area contributed by atoms with E-state index in [1.807, 2.05) is 58.9 Å².